The summed E-state index contributed by atoms with van der Waals surface area (Å²) in [6, 6.07) is 0. The van der Waals surface area contributed by atoms with Gasteiger partial charge in [-0.25, -0.2) is 4.98 Å². The van der Waals surface area contributed by atoms with Crippen LogP contribution >= 0.6 is 11.3 Å². The molecule has 0 radical (unpaired) electrons. The summed E-state index contributed by atoms with van der Waals surface area (Å²) in [5, 5.41) is 1.41. The average molecular weight is 223 g/mol. The van der Waals surface area contributed by atoms with Crippen molar-refractivity contribution in [3.05, 3.63) is 15.6 Å². The number of aryl methyl sites for hydroxylation is 1. The molecule has 84 valence electrons. The van der Waals surface area contributed by atoms with E-state index in [2.05, 4.69) is 20.8 Å². The Balaban J connectivity index is 2.17. The Labute approximate surface area is 96.9 Å². The standard InChI is InChI=1S/C13H21NS/c1-9(2)12-10(3)14-13(15-12)11-7-5-4-6-8-11/h9,11H,4-8H2,1-3H3. The van der Waals surface area contributed by atoms with Crippen molar-refractivity contribution in [3.63, 3.8) is 0 Å². The first kappa shape index (κ1) is 11.1. The molecule has 1 saturated carbocycles. The molecule has 0 aliphatic heterocycles. The zero-order valence-corrected chi connectivity index (χ0v) is 10.9. The molecule has 0 spiro atoms. The van der Waals surface area contributed by atoms with Crippen LogP contribution in [0.4, 0.5) is 0 Å². The van der Waals surface area contributed by atoms with Gasteiger partial charge in [0, 0.05) is 10.8 Å². The second-order valence-electron chi connectivity index (χ2n) is 4.99. The summed E-state index contributed by atoms with van der Waals surface area (Å²) >= 11 is 1.96. The first-order valence-corrected chi connectivity index (χ1v) is 6.97. The Morgan fingerprint density at radius 2 is 1.87 bits per heavy atom. The summed E-state index contributed by atoms with van der Waals surface area (Å²) in [6.45, 7) is 6.70. The van der Waals surface area contributed by atoms with Gasteiger partial charge in [0.1, 0.15) is 0 Å². The molecular formula is C13H21NS. The van der Waals surface area contributed by atoms with Crippen molar-refractivity contribution in [1.29, 1.82) is 0 Å². The summed E-state index contributed by atoms with van der Waals surface area (Å²) < 4.78 is 0. The number of nitrogens with zero attached hydrogens (tertiary/aromatic N) is 1. The molecule has 1 aromatic rings. The molecule has 1 aromatic heterocycles. The van der Waals surface area contributed by atoms with E-state index in [1.165, 1.54) is 47.7 Å². The van der Waals surface area contributed by atoms with E-state index in [-0.39, 0.29) is 0 Å². The van der Waals surface area contributed by atoms with Crippen LogP contribution in [-0.4, -0.2) is 4.98 Å². The molecule has 0 bridgehead atoms. The van der Waals surface area contributed by atoms with Gasteiger partial charge in [-0.05, 0) is 25.7 Å². The minimum Gasteiger partial charge on any atom is -0.246 e. The number of thiazole rings is 1. The summed E-state index contributed by atoms with van der Waals surface area (Å²) in [4.78, 5) is 6.27. The Kier molecular flexibility index (Phi) is 3.45. The lowest BCUT2D eigenvalue weighted by atomic mass is 9.90. The third-order valence-corrected chi connectivity index (χ3v) is 4.95. The van der Waals surface area contributed by atoms with E-state index in [1.54, 1.807) is 0 Å². The predicted molar refractivity (Wildman–Crippen MR) is 66.8 cm³/mol. The van der Waals surface area contributed by atoms with Gasteiger partial charge in [0.05, 0.1) is 10.7 Å². The minimum atomic E-state index is 0.639. The van der Waals surface area contributed by atoms with Crippen LogP contribution in [0.1, 0.15) is 73.4 Å². The maximum absolute atomic E-state index is 4.77. The molecule has 2 rings (SSSR count). The average Bonchev–Trinajstić information content (AvgIpc) is 2.62. The molecule has 0 aromatic carbocycles. The fourth-order valence-electron chi connectivity index (χ4n) is 2.49. The van der Waals surface area contributed by atoms with Gasteiger partial charge < -0.3 is 0 Å². The minimum absolute atomic E-state index is 0.639. The quantitative estimate of drug-likeness (QED) is 0.712. The lowest BCUT2D eigenvalue weighted by Gasteiger charge is -2.18. The SMILES string of the molecule is Cc1nc(C2CCCCC2)sc1C(C)C. The van der Waals surface area contributed by atoms with Crippen LogP contribution in [0.3, 0.4) is 0 Å². The molecular weight excluding hydrogens is 202 g/mol. The molecule has 2 heteroatoms. The van der Waals surface area contributed by atoms with Gasteiger partial charge >= 0.3 is 0 Å². The van der Waals surface area contributed by atoms with Gasteiger partial charge in [-0.1, -0.05) is 33.1 Å². The van der Waals surface area contributed by atoms with E-state index in [4.69, 9.17) is 4.98 Å². The topological polar surface area (TPSA) is 12.9 Å². The summed E-state index contributed by atoms with van der Waals surface area (Å²) in [5.74, 6) is 1.41. The van der Waals surface area contributed by atoms with E-state index >= 15 is 0 Å². The first-order chi connectivity index (χ1) is 7.18. The normalized spacial score (nSPS) is 18.7. The van der Waals surface area contributed by atoms with Gasteiger partial charge in [0.15, 0.2) is 0 Å². The highest BCUT2D eigenvalue weighted by Crippen LogP contribution is 2.37. The summed E-state index contributed by atoms with van der Waals surface area (Å²) in [5.41, 5.74) is 1.27. The third-order valence-electron chi connectivity index (χ3n) is 3.33. The van der Waals surface area contributed by atoms with Crippen LogP contribution in [0.25, 0.3) is 0 Å². The smallest absolute Gasteiger partial charge is 0.0961 e. The monoisotopic (exact) mass is 223 g/mol. The molecule has 0 unspecified atom stereocenters. The lowest BCUT2D eigenvalue weighted by molar-refractivity contribution is 0.442. The van der Waals surface area contributed by atoms with Gasteiger partial charge in [0.2, 0.25) is 0 Å². The van der Waals surface area contributed by atoms with Crippen molar-refractivity contribution in [3.8, 4) is 0 Å². The molecule has 1 aliphatic rings. The maximum atomic E-state index is 4.77. The van der Waals surface area contributed by atoms with E-state index in [9.17, 15) is 0 Å². The summed E-state index contributed by atoms with van der Waals surface area (Å²) in [6.07, 6.45) is 6.97. The van der Waals surface area contributed by atoms with E-state index < -0.39 is 0 Å². The second kappa shape index (κ2) is 4.65. The van der Waals surface area contributed by atoms with Crippen LogP contribution in [0, 0.1) is 6.92 Å². The predicted octanol–water partition coefficient (Wildman–Crippen LogP) is 4.62. The molecule has 0 N–H and O–H groups in total. The van der Waals surface area contributed by atoms with E-state index in [1.807, 2.05) is 11.3 Å². The molecule has 0 amide bonds. The number of hydrogen-bond donors (Lipinski definition) is 0. The van der Waals surface area contributed by atoms with Gasteiger partial charge in [-0.3, -0.25) is 0 Å². The van der Waals surface area contributed by atoms with Gasteiger partial charge in [-0.15, -0.1) is 11.3 Å². The second-order valence-corrected chi connectivity index (χ2v) is 6.05. The van der Waals surface area contributed by atoms with Crippen LogP contribution < -0.4 is 0 Å². The zero-order valence-electron chi connectivity index (χ0n) is 10.0. The maximum Gasteiger partial charge on any atom is 0.0961 e. The van der Waals surface area contributed by atoms with Crippen molar-refractivity contribution in [2.24, 2.45) is 0 Å². The molecule has 0 saturated heterocycles. The molecule has 0 atom stereocenters. The van der Waals surface area contributed by atoms with Crippen molar-refractivity contribution in [2.75, 3.05) is 0 Å². The molecule has 1 nitrogen and oxygen atoms in total. The third kappa shape index (κ3) is 2.41. The van der Waals surface area contributed by atoms with Crippen LogP contribution in [0.15, 0.2) is 0 Å². The Morgan fingerprint density at radius 1 is 1.20 bits per heavy atom. The fraction of sp³-hybridized carbons (Fsp3) is 0.769. The summed E-state index contributed by atoms with van der Waals surface area (Å²) in [7, 11) is 0. The van der Waals surface area contributed by atoms with Crippen LogP contribution in [-0.2, 0) is 0 Å². The number of aromatic nitrogens is 1. The van der Waals surface area contributed by atoms with E-state index in [0.29, 0.717) is 5.92 Å². The van der Waals surface area contributed by atoms with Crippen LogP contribution in [0.2, 0.25) is 0 Å². The fourth-order valence-corrected chi connectivity index (χ4v) is 3.73. The number of rotatable bonds is 2. The number of hydrogen-bond acceptors (Lipinski definition) is 2. The lowest BCUT2D eigenvalue weighted by Crippen LogP contribution is -2.03. The highest BCUT2D eigenvalue weighted by molar-refractivity contribution is 7.11. The Bertz CT molecular complexity index is 321. The molecule has 15 heavy (non-hydrogen) atoms. The first-order valence-electron chi connectivity index (χ1n) is 6.15. The van der Waals surface area contributed by atoms with Crippen LogP contribution in [0.5, 0.6) is 0 Å². The van der Waals surface area contributed by atoms with Crippen molar-refractivity contribution in [2.45, 2.75) is 64.7 Å². The van der Waals surface area contributed by atoms with Crippen molar-refractivity contribution >= 4 is 11.3 Å². The van der Waals surface area contributed by atoms with Gasteiger partial charge in [0.25, 0.3) is 0 Å². The van der Waals surface area contributed by atoms with Crippen molar-refractivity contribution in [1.82, 2.24) is 4.98 Å². The highest BCUT2D eigenvalue weighted by Gasteiger charge is 2.20. The van der Waals surface area contributed by atoms with Crippen molar-refractivity contribution < 1.29 is 0 Å². The highest BCUT2D eigenvalue weighted by atomic mass is 32.1. The Morgan fingerprint density at radius 3 is 2.40 bits per heavy atom. The Hall–Kier alpha value is -0.370. The van der Waals surface area contributed by atoms with E-state index in [0.717, 1.165) is 5.92 Å². The largest absolute Gasteiger partial charge is 0.246 e. The molecule has 1 aliphatic carbocycles. The zero-order chi connectivity index (χ0) is 10.8. The van der Waals surface area contributed by atoms with Gasteiger partial charge in [-0.2, -0.15) is 0 Å². The molecule has 1 heterocycles. The molecule has 1 fully saturated rings.